The topological polar surface area (TPSA) is 78.3 Å². The van der Waals surface area contributed by atoms with Crippen LogP contribution in [0.5, 0.6) is 11.5 Å². The number of thioether (sulfide) groups is 1. The molecule has 0 saturated heterocycles. The van der Waals surface area contributed by atoms with Crippen LogP contribution in [0.25, 0.3) is 0 Å². The molecule has 0 aliphatic heterocycles. The first-order chi connectivity index (χ1) is 14.0. The summed E-state index contributed by atoms with van der Waals surface area (Å²) in [4.78, 5) is 12.2. The number of para-hydroxylation sites is 1. The van der Waals surface area contributed by atoms with Gasteiger partial charge in [-0.1, -0.05) is 35.5 Å². The van der Waals surface area contributed by atoms with Gasteiger partial charge in [-0.15, -0.1) is 10.2 Å². The molecule has 1 N–H and O–H groups in total. The predicted molar refractivity (Wildman–Crippen MR) is 114 cm³/mol. The van der Waals surface area contributed by atoms with E-state index in [1.54, 1.807) is 43.5 Å². The molecule has 0 aliphatic rings. The molecule has 1 amide bonds. The zero-order valence-corrected chi connectivity index (χ0v) is 17.8. The van der Waals surface area contributed by atoms with E-state index in [1.807, 2.05) is 30.7 Å². The molecule has 1 aromatic heterocycles. The first-order valence-corrected chi connectivity index (χ1v) is 10.2. The number of aromatic nitrogens is 3. The van der Waals surface area contributed by atoms with E-state index < -0.39 is 0 Å². The third-order valence-electron chi connectivity index (χ3n) is 4.08. The number of halogens is 1. The molecule has 9 heteroatoms. The van der Waals surface area contributed by atoms with E-state index >= 15 is 0 Å². The maximum atomic E-state index is 12.2. The number of amides is 1. The van der Waals surface area contributed by atoms with Crippen molar-refractivity contribution in [1.82, 2.24) is 14.8 Å². The molecule has 1 heterocycles. The summed E-state index contributed by atoms with van der Waals surface area (Å²) in [6, 6.07) is 14.4. The van der Waals surface area contributed by atoms with E-state index in [-0.39, 0.29) is 17.8 Å². The van der Waals surface area contributed by atoms with Crippen molar-refractivity contribution >= 4 is 35.0 Å². The molecule has 0 bridgehead atoms. The van der Waals surface area contributed by atoms with Crippen molar-refractivity contribution in [2.45, 2.75) is 18.2 Å². The summed E-state index contributed by atoms with van der Waals surface area (Å²) in [5.74, 6) is 2.03. The lowest BCUT2D eigenvalue weighted by Gasteiger charge is -2.15. The number of anilines is 1. The number of ether oxygens (including phenoxy) is 2. The van der Waals surface area contributed by atoms with Gasteiger partial charge in [0.1, 0.15) is 11.5 Å². The Labute approximate surface area is 178 Å². The second-order valence-electron chi connectivity index (χ2n) is 6.16. The lowest BCUT2D eigenvalue weighted by atomic mass is 10.3. The summed E-state index contributed by atoms with van der Waals surface area (Å²) >= 11 is 7.45. The number of carbonyl (C=O) groups is 1. The minimum absolute atomic E-state index is 0.134. The first-order valence-electron chi connectivity index (χ1n) is 8.85. The monoisotopic (exact) mass is 432 g/mol. The van der Waals surface area contributed by atoms with Crippen LogP contribution < -0.4 is 14.8 Å². The number of carbonyl (C=O) groups excluding carboxylic acids is 1. The number of nitrogens with one attached hydrogen (secondary N) is 1. The van der Waals surface area contributed by atoms with Crippen molar-refractivity contribution in [3.63, 3.8) is 0 Å². The number of methoxy groups -OCH3 is 1. The summed E-state index contributed by atoms with van der Waals surface area (Å²) in [6.07, 6.45) is -0.352. The number of hydrogen-bond acceptors (Lipinski definition) is 6. The van der Waals surface area contributed by atoms with Gasteiger partial charge in [0.15, 0.2) is 17.1 Å². The van der Waals surface area contributed by atoms with Crippen molar-refractivity contribution < 1.29 is 14.3 Å². The van der Waals surface area contributed by atoms with Crippen molar-refractivity contribution in [2.24, 2.45) is 7.05 Å². The molecular weight excluding hydrogens is 412 g/mol. The molecule has 2 aromatic carbocycles. The molecule has 152 valence electrons. The lowest BCUT2D eigenvalue weighted by Crippen LogP contribution is -2.14. The average molecular weight is 433 g/mol. The van der Waals surface area contributed by atoms with Crippen LogP contribution in [0.1, 0.15) is 18.9 Å². The smallest absolute Gasteiger partial charge is 0.234 e. The van der Waals surface area contributed by atoms with E-state index in [4.69, 9.17) is 21.1 Å². The summed E-state index contributed by atoms with van der Waals surface area (Å²) in [7, 11) is 3.44. The molecule has 7 nitrogen and oxygen atoms in total. The zero-order valence-electron chi connectivity index (χ0n) is 16.3. The lowest BCUT2D eigenvalue weighted by molar-refractivity contribution is -0.113. The largest absolute Gasteiger partial charge is 0.497 e. The molecule has 0 saturated carbocycles. The van der Waals surface area contributed by atoms with E-state index in [0.717, 1.165) is 5.75 Å². The Morgan fingerprint density at radius 2 is 1.93 bits per heavy atom. The molecular formula is C20H21ClN4O3S. The van der Waals surface area contributed by atoms with Gasteiger partial charge in [-0.2, -0.15) is 0 Å². The highest BCUT2D eigenvalue weighted by molar-refractivity contribution is 7.99. The molecule has 0 radical (unpaired) electrons. The predicted octanol–water partition coefficient (Wildman–Crippen LogP) is 4.35. The van der Waals surface area contributed by atoms with E-state index in [9.17, 15) is 4.79 Å². The van der Waals surface area contributed by atoms with Crippen LogP contribution in [0.2, 0.25) is 5.02 Å². The maximum Gasteiger partial charge on any atom is 0.234 e. The van der Waals surface area contributed by atoms with Crippen LogP contribution in [0.4, 0.5) is 5.69 Å². The van der Waals surface area contributed by atoms with Gasteiger partial charge in [-0.05, 0) is 43.3 Å². The number of rotatable bonds is 8. The van der Waals surface area contributed by atoms with Crippen LogP contribution in [-0.2, 0) is 11.8 Å². The first kappa shape index (κ1) is 21.0. The molecule has 0 aliphatic carbocycles. The molecule has 29 heavy (non-hydrogen) atoms. The highest BCUT2D eigenvalue weighted by Crippen LogP contribution is 2.29. The summed E-state index contributed by atoms with van der Waals surface area (Å²) in [5, 5.41) is 12.4. The second-order valence-corrected chi connectivity index (χ2v) is 7.51. The van der Waals surface area contributed by atoms with Crippen LogP contribution in [-0.4, -0.2) is 33.5 Å². The van der Waals surface area contributed by atoms with Crippen LogP contribution >= 0.6 is 23.4 Å². The van der Waals surface area contributed by atoms with E-state index in [2.05, 4.69) is 15.5 Å². The fourth-order valence-corrected chi connectivity index (χ4v) is 3.49. The quantitative estimate of drug-likeness (QED) is 0.533. The standard InChI is InChI=1S/C20H21ClN4O3S/c1-13(28-17-7-5-4-6-16(17)21)19-23-24-20(25(19)2)29-12-18(26)22-14-8-10-15(27-3)11-9-14/h4-11,13H,12H2,1-3H3,(H,22,26)/t13-/m0/s1. The molecule has 0 fully saturated rings. The molecule has 0 spiro atoms. The minimum Gasteiger partial charge on any atom is -0.497 e. The van der Waals surface area contributed by atoms with Crippen molar-refractivity contribution in [3.05, 3.63) is 59.4 Å². The zero-order chi connectivity index (χ0) is 20.8. The fraction of sp³-hybridized carbons (Fsp3) is 0.250. The average Bonchev–Trinajstić information content (AvgIpc) is 3.09. The van der Waals surface area contributed by atoms with Gasteiger partial charge < -0.3 is 19.4 Å². The van der Waals surface area contributed by atoms with Crippen LogP contribution in [0.3, 0.4) is 0 Å². The number of nitrogens with zero attached hydrogens (tertiary/aromatic N) is 3. The maximum absolute atomic E-state index is 12.2. The minimum atomic E-state index is -0.352. The van der Waals surface area contributed by atoms with Crippen LogP contribution in [0.15, 0.2) is 53.7 Å². The highest BCUT2D eigenvalue weighted by Gasteiger charge is 2.19. The third-order valence-corrected chi connectivity index (χ3v) is 5.41. The Morgan fingerprint density at radius 3 is 2.62 bits per heavy atom. The van der Waals surface area contributed by atoms with Gasteiger partial charge in [-0.25, -0.2) is 0 Å². The van der Waals surface area contributed by atoms with Gasteiger partial charge in [0.05, 0.1) is 17.9 Å². The van der Waals surface area contributed by atoms with Crippen molar-refractivity contribution in [3.8, 4) is 11.5 Å². The third kappa shape index (κ3) is 5.42. The van der Waals surface area contributed by atoms with Gasteiger partial charge in [0.2, 0.25) is 5.91 Å². The van der Waals surface area contributed by atoms with E-state index in [1.165, 1.54) is 11.8 Å². The molecule has 1 atom stereocenters. The van der Waals surface area contributed by atoms with Crippen molar-refractivity contribution in [1.29, 1.82) is 0 Å². The van der Waals surface area contributed by atoms with Crippen LogP contribution in [0, 0.1) is 0 Å². The second kappa shape index (κ2) is 9.67. The van der Waals surface area contributed by atoms with Crippen molar-refractivity contribution in [2.75, 3.05) is 18.2 Å². The number of hydrogen-bond donors (Lipinski definition) is 1. The Kier molecular flexibility index (Phi) is 7.00. The van der Waals surface area contributed by atoms with Gasteiger partial charge >= 0.3 is 0 Å². The molecule has 3 aromatic rings. The van der Waals surface area contributed by atoms with E-state index in [0.29, 0.717) is 27.4 Å². The summed E-state index contributed by atoms with van der Waals surface area (Å²) in [6.45, 7) is 1.87. The van der Waals surface area contributed by atoms with Gasteiger partial charge in [0.25, 0.3) is 0 Å². The Morgan fingerprint density at radius 1 is 1.21 bits per heavy atom. The molecule has 3 rings (SSSR count). The van der Waals surface area contributed by atoms with Gasteiger partial charge in [0, 0.05) is 12.7 Å². The summed E-state index contributed by atoms with van der Waals surface area (Å²) in [5.41, 5.74) is 0.705. The molecule has 0 unspecified atom stereocenters. The normalized spacial score (nSPS) is 11.7. The Balaban J connectivity index is 1.57. The van der Waals surface area contributed by atoms with Gasteiger partial charge in [-0.3, -0.25) is 4.79 Å². The highest BCUT2D eigenvalue weighted by atomic mass is 35.5. The number of benzene rings is 2. The fourth-order valence-electron chi connectivity index (χ4n) is 2.59. The summed E-state index contributed by atoms with van der Waals surface area (Å²) < 4.78 is 12.8. The Hall–Kier alpha value is -2.71. The SMILES string of the molecule is COc1ccc(NC(=O)CSc2nnc([C@H](C)Oc3ccccc3Cl)n2C)cc1. The Bertz CT molecular complexity index is 978.